The third-order valence-corrected chi connectivity index (χ3v) is 3.62. The van der Waals surface area contributed by atoms with E-state index in [9.17, 15) is 0 Å². The molecule has 0 aromatic carbocycles. The average molecular weight is 196 g/mol. The lowest BCUT2D eigenvalue weighted by Gasteiger charge is -2.25. The zero-order valence-electron chi connectivity index (χ0n) is 7.99. The van der Waals surface area contributed by atoms with Gasteiger partial charge in [0.15, 0.2) is 0 Å². The Morgan fingerprint density at radius 1 is 1.54 bits per heavy atom. The number of hydrogen-bond acceptors (Lipinski definition) is 3. The van der Waals surface area contributed by atoms with Crippen molar-refractivity contribution in [1.29, 1.82) is 0 Å². The van der Waals surface area contributed by atoms with Crippen LogP contribution < -0.4 is 5.73 Å². The van der Waals surface area contributed by atoms with Crippen molar-refractivity contribution in [3.05, 3.63) is 11.2 Å². The van der Waals surface area contributed by atoms with E-state index in [4.69, 9.17) is 5.73 Å². The number of rotatable bonds is 1. The maximum absolute atomic E-state index is 5.87. The van der Waals surface area contributed by atoms with Gasteiger partial charge in [0.1, 0.15) is 5.00 Å². The van der Waals surface area contributed by atoms with Gasteiger partial charge in [0.2, 0.25) is 0 Å². The SMILES string of the molecule is CC1CCCC(c2ncsc2N)C1. The van der Waals surface area contributed by atoms with Crippen LogP contribution in [-0.2, 0) is 0 Å². The first-order valence-corrected chi connectivity index (χ1v) is 5.84. The lowest BCUT2D eigenvalue weighted by molar-refractivity contribution is 0.341. The van der Waals surface area contributed by atoms with Crippen molar-refractivity contribution in [2.24, 2.45) is 5.92 Å². The monoisotopic (exact) mass is 196 g/mol. The molecule has 0 bridgehead atoms. The average Bonchev–Trinajstić information content (AvgIpc) is 2.51. The highest BCUT2D eigenvalue weighted by Gasteiger charge is 2.23. The van der Waals surface area contributed by atoms with Crippen molar-refractivity contribution < 1.29 is 0 Å². The van der Waals surface area contributed by atoms with Gasteiger partial charge in [0.25, 0.3) is 0 Å². The summed E-state index contributed by atoms with van der Waals surface area (Å²) in [6.07, 6.45) is 5.26. The van der Waals surface area contributed by atoms with E-state index in [1.807, 2.05) is 5.51 Å². The molecular formula is C10H16N2S. The fourth-order valence-corrected chi connectivity index (χ4v) is 2.87. The molecule has 0 aliphatic heterocycles. The molecule has 1 aliphatic carbocycles. The van der Waals surface area contributed by atoms with Crippen LogP contribution in [0.3, 0.4) is 0 Å². The molecule has 0 saturated heterocycles. The van der Waals surface area contributed by atoms with Crippen LogP contribution >= 0.6 is 11.3 Å². The van der Waals surface area contributed by atoms with Gasteiger partial charge in [0.05, 0.1) is 11.2 Å². The van der Waals surface area contributed by atoms with E-state index in [-0.39, 0.29) is 0 Å². The van der Waals surface area contributed by atoms with Crippen LogP contribution in [-0.4, -0.2) is 4.98 Å². The fraction of sp³-hybridized carbons (Fsp3) is 0.700. The Morgan fingerprint density at radius 3 is 3.00 bits per heavy atom. The minimum atomic E-state index is 0.634. The van der Waals surface area contributed by atoms with Crippen LogP contribution in [0.25, 0.3) is 0 Å². The molecule has 2 atom stereocenters. The van der Waals surface area contributed by atoms with E-state index in [0.29, 0.717) is 5.92 Å². The molecule has 0 amide bonds. The number of anilines is 1. The number of thiazole rings is 1. The Bertz CT molecular complexity index is 282. The Balaban J connectivity index is 2.12. The number of hydrogen-bond donors (Lipinski definition) is 1. The third-order valence-electron chi connectivity index (χ3n) is 2.95. The van der Waals surface area contributed by atoms with Crippen molar-refractivity contribution in [1.82, 2.24) is 4.98 Å². The normalized spacial score (nSPS) is 29.0. The number of aromatic nitrogens is 1. The zero-order chi connectivity index (χ0) is 9.26. The highest BCUT2D eigenvalue weighted by atomic mass is 32.1. The summed E-state index contributed by atoms with van der Waals surface area (Å²) in [5.41, 5.74) is 8.90. The van der Waals surface area contributed by atoms with Crippen molar-refractivity contribution in [3.8, 4) is 0 Å². The molecule has 72 valence electrons. The lowest BCUT2D eigenvalue weighted by Crippen LogP contribution is -2.12. The van der Waals surface area contributed by atoms with Crippen molar-refractivity contribution in [2.45, 2.75) is 38.5 Å². The van der Waals surface area contributed by atoms with E-state index < -0.39 is 0 Å². The van der Waals surface area contributed by atoms with Crippen LogP contribution in [0.2, 0.25) is 0 Å². The molecule has 1 saturated carbocycles. The molecule has 1 fully saturated rings. The largest absolute Gasteiger partial charge is 0.389 e. The first-order chi connectivity index (χ1) is 6.27. The summed E-state index contributed by atoms with van der Waals surface area (Å²) in [4.78, 5) is 4.37. The molecule has 13 heavy (non-hydrogen) atoms. The Morgan fingerprint density at radius 2 is 2.38 bits per heavy atom. The van der Waals surface area contributed by atoms with Crippen LogP contribution in [0.5, 0.6) is 0 Å². The Kier molecular flexibility index (Phi) is 2.54. The molecule has 0 radical (unpaired) electrons. The highest BCUT2D eigenvalue weighted by molar-refractivity contribution is 7.13. The van der Waals surface area contributed by atoms with E-state index in [1.165, 1.54) is 25.7 Å². The second-order valence-electron chi connectivity index (χ2n) is 4.07. The van der Waals surface area contributed by atoms with Gasteiger partial charge in [-0.1, -0.05) is 19.8 Å². The molecule has 1 heterocycles. The standard InChI is InChI=1S/C10H16N2S/c1-7-3-2-4-8(5-7)9-10(11)13-6-12-9/h6-8H,2-5,11H2,1H3. The third kappa shape index (κ3) is 1.85. The molecular weight excluding hydrogens is 180 g/mol. The summed E-state index contributed by atoms with van der Waals surface area (Å²) >= 11 is 1.57. The van der Waals surface area contributed by atoms with Gasteiger partial charge in [-0.05, 0) is 18.8 Å². The lowest BCUT2D eigenvalue weighted by atomic mass is 9.81. The van der Waals surface area contributed by atoms with E-state index >= 15 is 0 Å². The second kappa shape index (κ2) is 3.66. The molecule has 2 nitrogen and oxygen atoms in total. The van der Waals surface area contributed by atoms with Crippen LogP contribution in [0, 0.1) is 5.92 Å². The smallest absolute Gasteiger partial charge is 0.109 e. The van der Waals surface area contributed by atoms with Crippen LogP contribution in [0.1, 0.15) is 44.2 Å². The van der Waals surface area contributed by atoms with Crippen molar-refractivity contribution in [2.75, 3.05) is 5.73 Å². The molecule has 1 aromatic rings. The quantitative estimate of drug-likeness (QED) is 0.750. The number of nitrogens with zero attached hydrogens (tertiary/aromatic N) is 1. The summed E-state index contributed by atoms with van der Waals surface area (Å²) in [6.45, 7) is 2.33. The van der Waals surface area contributed by atoms with Crippen molar-refractivity contribution in [3.63, 3.8) is 0 Å². The van der Waals surface area contributed by atoms with Crippen molar-refractivity contribution >= 4 is 16.3 Å². The van der Waals surface area contributed by atoms with Gasteiger partial charge < -0.3 is 5.73 Å². The fourth-order valence-electron chi connectivity index (χ4n) is 2.25. The Labute approximate surface area is 83.2 Å². The zero-order valence-corrected chi connectivity index (χ0v) is 8.81. The molecule has 2 rings (SSSR count). The van der Waals surface area contributed by atoms with Gasteiger partial charge >= 0.3 is 0 Å². The summed E-state index contributed by atoms with van der Waals surface area (Å²) in [6, 6.07) is 0. The summed E-state index contributed by atoms with van der Waals surface area (Å²) in [7, 11) is 0. The van der Waals surface area contributed by atoms with Crippen LogP contribution in [0.4, 0.5) is 5.00 Å². The molecule has 2 N–H and O–H groups in total. The minimum absolute atomic E-state index is 0.634. The summed E-state index contributed by atoms with van der Waals surface area (Å²) < 4.78 is 0. The molecule has 2 unspecified atom stereocenters. The first-order valence-electron chi connectivity index (χ1n) is 4.96. The van der Waals surface area contributed by atoms with E-state index in [2.05, 4.69) is 11.9 Å². The molecule has 1 aromatic heterocycles. The number of nitrogen functional groups attached to an aromatic ring is 1. The molecule has 0 spiro atoms. The van der Waals surface area contributed by atoms with Gasteiger partial charge in [-0.2, -0.15) is 0 Å². The minimum Gasteiger partial charge on any atom is -0.389 e. The predicted molar refractivity (Wildman–Crippen MR) is 56.9 cm³/mol. The topological polar surface area (TPSA) is 38.9 Å². The van der Waals surface area contributed by atoms with E-state index in [0.717, 1.165) is 16.6 Å². The second-order valence-corrected chi connectivity index (χ2v) is 4.96. The number of nitrogens with two attached hydrogens (primary N) is 1. The van der Waals surface area contributed by atoms with Gasteiger partial charge in [0, 0.05) is 5.92 Å². The molecule has 1 aliphatic rings. The van der Waals surface area contributed by atoms with E-state index in [1.54, 1.807) is 11.3 Å². The maximum Gasteiger partial charge on any atom is 0.109 e. The van der Waals surface area contributed by atoms with Gasteiger partial charge in [-0.3, -0.25) is 0 Å². The summed E-state index contributed by atoms with van der Waals surface area (Å²) in [5, 5.41) is 0.930. The predicted octanol–water partition coefficient (Wildman–Crippen LogP) is 3.02. The van der Waals surface area contributed by atoms with Crippen LogP contribution in [0.15, 0.2) is 5.51 Å². The molecule has 3 heteroatoms. The summed E-state index contributed by atoms with van der Waals surface area (Å²) in [5.74, 6) is 1.48. The maximum atomic E-state index is 5.87. The highest BCUT2D eigenvalue weighted by Crippen LogP contribution is 2.38. The first kappa shape index (κ1) is 9.00. The Hall–Kier alpha value is -0.570. The van der Waals surface area contributed by atoms with Gasteiger partial charge in [-0.25, -0.2) is 4.98 Å². The van der Waals surface area contributed by atoms with Gasteiger partial charge in [-0.15, -0.1) is 11.3 Å².